The molecule has 184 valence electrons. The summed E-state index contributed by atoms with van der Waals surface area (Å²) in [6.45, 7) is 4.55. The first-order chi connectivity index (χ1) is 16.7. The first-order valence-electron chi connectivity index (χ1n) is 14.3. The molecule has 0 N–H and O–H groups in total. The molecule has 0 spiro atoms. The van der Waals surface area contributed by atoms with Gasteiger partial charge in [-0.2, -0.15) is 5.26 Å². The molecule has 0 radical (unpaired) electrons. The summed E-state index contributed by atoms with van der Waals surface area (Å²) < 4.78 is 0. The van der Waals surface area contributed by atoms with Crippen LogP contribution in [-0.4, -0.2) is 0 Å². The quantitative estimate of drug-likeness (QED) is 0.259. The summed E-state index contributed by atoms with van der Waals surface area (Å²) >= 11 is 0. The first kappa shape index (κ1) is 26.5. The van der Waals surface area contributed by atoms with Gasteiger partial charge in [0.2, 0.25) is 0 Å². The summed E-state index contributed by atoms with van der Waals surface area (Å²) in [5.41, 5.74) is 5.69. The minimum atomic E-state index is -0.0775. The van der Waals surface area contributed by atoms with Crippen LogP contribution in [-0.2, 0) is 6.42 Å². The highest BCUT2D eigenvalue weighted by Gasteiger charge is 2.36. The number of hydrogen-bond acceptors (Lipinski definition) is 1. The zero-order valence-corrected chi connectivity index (χ0v) is 22.0. The second-order valence-electron chi connectivity index (χ2n) is 10.8. The molecule has 0 bridgehead atoms. The van der Waals surface area contributed by atoms with Gasteiger partial charge >= 0.3 is 0 Å². The lowest BCUT2D eigenvalue weighted by atomic mass is 9.66. The van der Waals surface area contributed by atoms with E-state index in [1.165, 1.54) is 92.9 Å². The lowest BCUT2D eigenvalue weighted by Crippen LogP contribution is -2.25. The molecule has 1 heteroatoms. The van der Waals surface area contributed by atoms with Crippen molar-refractivity contribution in [2.45, 2.75) is 122 Å². The fourth-order valence-corrected chi connectivity index (χ4v) is 5.88. The smallest absolute Gasteiger partial charge is 0.0689 e. The van der Waals surface area contributed by atoms with Crippen LogP contribution in [0.3, 0.4) is 0 Å². The van der Waals surface area contributed by atoms with Crippen LogP contribution in [0.25, 0.3) is 11.1 Å². The Kier molecular flexibility index (Phi) is 11.2. The molecule has 3 rings (SSSR count). The van der Waals surface area contributed by atoms with Crippen molar-refractivity contribution < 1.29 is 0 Å². The van der Waals surface area contributed by atoms with E-state index in [2.05, 4.69) is 68.4 Å². The van der Waals surface area contributed by atoms with E-state index >= 15 is 0 Å². The van der Waals surface area contributed by atoms with Gasteiger partial charge in [0.1, 0.15) is 0 Å². The zero-order chi connectivity index (χ0) is 24.1. The van der Waals surface area contributed by atoms with E-state index in [9.17, 15) is 5.26 Å². The third kappa shape index (κ3) is 7.73. The van der Waals surface area contributed by atoms with Crippen LogP contribution in [0, 0.1) is 16.7 Å². The van der Waals surface area contributed by atoms with E-state index in [0.29, 0.717) is 5.92 Å². The fourth-order valence-electron chi connectivity index (χ4n) is 5.88. The van der Waals surface area contributed by atoms with Gasteiger partial charge in [0.25, 0.3) is 0 Å². The van der Waals surface area contributed by atoms with E-state index < -0.39 is 0 Å². The monoisotopic (exact) mass is 457 g/mol. The lowest BCUT2D eigenvalue weighted by molar-refractivity contribution is 0.223. The largest absolute Gasteiger partial charge is 0.198 e. The topological polar surface area (TPSA) is 23.8 Å². The van der Waals surface area contributed by atoms with Crippen LogP contribution in [0.15, 0.2) is 48.5 Å². The van der Waals surface area contributed by atoms with Gasteiger partial charge in [0.15, 0.2) is 0 Å². The minimum Gasteiger partial charge on any atom is -0.198 e. The van der Waals surface area contributed by atoms with Crippen molar-refractivity contribution in [3.63, 3.8) is 0 Å². The molecule has 0 atom stereocenters. The van der Waals surface area contributed by atoms with Crippen LogP contribution in [0.5, 0.6) is 0 Å². The molecule has 2 aromatic carbocycles. The van der Waals surface area contributed by atoms with Crippen molar-refractivity contribution in [1.82, 2.24) is 0 Å². The highest BCUT2D eigenvalue weighted by Crippen LogP contribution is 2.47. The molecule has 0 amide bonds. The standard InChI is InChI=1S/C33H47N/c1-3-5-7-9-10-15-23-33(27-34)24-21-30(22-25-33)32-26-28(16-12-8-6-4-2)19-20-31(32)29-17-13-11-14-18-29/h11,13-14,17-20,26,30H,3-10,12,15-16,21-25H2,1-2H3. The second kappa shape index (κ2) is 14.4. The van der Waals surface area contributed by atoms with E-state index in [-0.39, 0.29) is 5.41 Å². The average molecular weight is 458 g/mol. The van der Waals surface area contributed by atoms with Gasteiger partial charge in [-0.1, -0.05) is 120 Å². The van der Waals surface area contributed by atoms with Crippen molar-refractivity contribution in [2.75, 3.05) is 0 Å². The number of nitrogens with zero attached hydrogens (tertiary/aromatic N) is 1. The number of aryl methyl sites for hydroxylation is 1. The fraction of sp³-hybridized carbons (Fsp3) is 0.606. The molecule has 1 nitrogen and oxygen atoms in total. The summed E-state index contributed by atoms with van der Waals surface area (Å²) in [6.07, 6.45) is 19.9. The van der Waals surface area contributed by atoms with E-state index in [1.807, 2.05) is 0 Å². The lowest BCUT2D eigenvalue weighted by Gasteiger charge is -2.36. The molecule has 0 saturated heterocycles. The highest BCUT2D eigenvalue weighted by molar-refractivity contribution is 5.68. The second-order valence-corrected chi connectivity index (χ2v) is 10.8. The van der Waals surface area contributed by atoms with Crippen LogP contribution in [0.2, 0.25) is 0 Å². The molecule has 1 fully saturated rings. The maximum absolute atomic E-state index is 10.1. The van der Waals surface area contributed by atoms with Crippen molar-refractivity contribution in [1.29, 1.82) is 5.26 Å². The Morgan fingerprint density at radius 3 is 2.12 bits per heavy atom. The predicted octanol–water partition coefficient (Wildman–Crippen LogP) is 10.4. The molecule has 0 heterocycles. The average Bonchev–Trinajstić information content (AvgIpc) is 2.89. The number of nitriles is 1. The molecular weight excluding hydrogens is 410 g/mol. The van der Waals surface area contributed by atoms with Crippen LogP contribution in [0.4, 0.5) is 0 Å². The van der Waals surface area contributed by atoms with E-state index in [1.54, 1.807) is 0 Å². The van der Waals surface area contributed by atoms with Gasteiger partial charge in [0.05, 0.1) is 11.5 Å². The van der Waals surface area contributed by atoms with E-state index in [0.717, 1.165) is 32.1 Å². The summed E-state index contributed by atoms with van der Waals surface area (Å²) in [4.78, 5) is 0. The van der Waals surface area contributed by atoms with Gasteiger partial charge in [-0.05, 0) is 73.1 Å². The Labute approximate surface area is 210 Å². The van der Waals surface area contributed by atoms with Crippen LogP contribution < -0.4 is 0 Å². The molecule has 1 aliphatic rings. The number of unbranched alkanes of at least 4 members (excludes halogenated alkanes) is 8. The molecular formula is C33H47N. The van der Waals surface area contributed by atoms with Crippen LogP contribution in [0.1, 0.15) is 127 Å². The van der Waals surface area contributed by atoms with Gasteiger partial charge < -0.3 is 0 Å². The van der Waals surface area contributed by atoms with Crippen molar-refractivity contribution in [3.05, 3.63) is 59.7 Å². The molecule has 0 unspecified atom stereocenters. The highest BCUT2D eigenvalue weighted by atomic mass is 14.4. The molecule has 0 aliphatic heterocycles. The van der Waals surface area contributed by atoms with E-state index in [4.69, 9.17) is 0 Å². The van der Waals surface area contributed by atoms with Crippen molar-refractivity contribution in [2.24, 2.45) is 5.41 Å². The summed E-state index contributed by atoms with van der Waals surface area (Å²) in [7, 11) is 0. The van der Waals surface area contributed by atoms with Gasteiger partial charge in [-0.15, -0.1) is 0 Å². The Balaban J connectivity index is 1.68. The predicted molar refractivity (Wildman–Crippen MR) is 147 cm³/mol. The molecule has 1 saturated carbocycles. The molecule has 1 aliphatic carbocycles. The normalized spacial score (nSPS) is 20.2. The summed E-state index contributed by atoms with van der Waals surface area (Å²) in [5.74, 6) is 0.580. The third-order valence-corrected chi connectivity index (χ3v) is 8.15. The maximum Gasteiger partial charge on any atom is 0.0689 e. The van der Waals surface area contributed by atoms with Gasteiger partial charge in [0, 0.05) is 0 Å². The Hall–Kier alpha value is -2.07. The number of hydrogen-bond donors (Lipinski definition) is 0. The zero-order valence-electron chi connectivity index (χ0n) is 22.0. The van der Waals surface area contributed by atoms with Gasteiger partial charge in [-0.25, -0.2) is 0 Å². The summed E-state index contributed by atoms with van der Waals surface area (Å²) in [6, 6.07) is 21.0. The molecule has 34 heavy (non-hydrogen) atoms. The Bertz CT molecular complexity index is 867. The van der Waals surface area contributed by atoms with Crippen molar-refractivity contribution >= 4 is 0 Å². The van der Waals surface area contributed by atoms with Crippen molar-refractivity contribution in [3.8, 4) is 17.2 Å². The SMILES string of the molecule is CCCCCCCCC1(C#N)CCC(c2cc(CCCCCC)ccc2-c2ccccc2)CC1. The maximum atomic E-state index is 10.1. The minimum absolute atomic E-state index is 0.0775. The number of benzene rings is 2. The van der Waals surface area contributed by atoms with Gasteiger partial charge in [-0.3, -0.25) is 0 Å². The Morgan fingerprint density at radius 2 is 1.44 bits per heavy atom. The Morgan fingerprint density at radius 1 is 0.794 bits per heavy atom. The molecule has 0 aromatic heterocycles. The first-order valence-corrected chi connectivity index (χ1v) is 14.3. The number of rotatable bonds is 14. The molecule has 2 aromatic rings. The summed E-state index contributed by atoms with van der Waals surface area (Å²) in [5, 5.41) is 10.1. The third-order valence-electron chi connectivity index (χ3n) is 8.15. The van der Waals surface area contributed by atoms with Crippen LogP contribution >= 0.6 is 0 Å².